The highest BCUT2D eigenvalue weighted by molar-refractivity contribution is 5.75. The molecule has 1 saturated heterocycles. The van der Waals surface area contributed by atoms with E-state index >= 15 is 0 Å². The van der Waals surface area contributed by atoms with E-state index in [1.165, 1.54) is 12.8 Å². The lowest BCUT2D eigenvalue weighted by Gasteiger charge is -2.34. The summed E-state index contributed by atoms with van der Waals surface area (Å²) in [6.45, 7) is 7.68. The molecule has 0 spiro atoms. The summed E-state index contributed by atoms with van der Waals surface area (Å²) >= 11 is 0. The Morgan fingerprint density at radius 2 is 1.89 bits per heavy atom. The Morgan fingerprint density at radius 1 is 1.15 bits per heavy atom. The van der Waals surface area contributed by atoms with Gasteiger partial charge >= 0.3 is 6.09 Å². The van der Waals surface area contributed by atoms with Gasteiger partial charge in [-0.25, -0.2) is 9.78 Å². The van der Waals surface area contributed by atoms with Crippen LogP contribution >= 0.6 is 0 Å². The highest BCUT2D eigenvalue weighted by Gasteiger charge is 2.24. The first-order chi connectivity index (χ1) is 13.2. The zero-order valence-electron chi connectivity index (χ0n) is 16.4. The molecule has 2 heterocycles. The van der Waals surface area contributed by atoms with E-state index in [2.05, 4.69) is 23.7 Å². The van der Waals surface area contributed by atoms with Gasteiger partial charge in [-0.3, -0.25) is 4.98 Å². The summed E-state index contributed by atoms with van der Waals surface area (Å²) in [7, 11) is 0. The molecule has 1 amide bonds. The number of fused-ring (bicyclic) bond motifs is 1. The molecule has 27 heavy (non-hydrogen) atoms. The van der Waals surface area contributed by atoms with Crippen LogP contribution in [0.3, 0.4) is 0 Å². The fourth-order valence-electron chi connectivity index (χ4n) is 3.40. The molecule has 0 aliphatic carbocycles. The van der Waals surface area contributed by atoms with E-state index in [1.807, 2.05) is 30.5 Å². The van der Waals surface area contributed by atoms with Gasteiger partial charge in [-0.2, -0.15) is 0 Å². The molecule has 6 nitrogen and oxygen atoms in total. The third kappa shape index (κ3) is 5.08. The van der Waals surface area contributed by atoms with Crippen molar-refractivity contribution in [3.63, 3.8) is 0 Å². The van der Waals surface area contributed by atoms with Crippen LogP contribution in [-0.2, 0) is 4.74 Å². The number of unbranched alkanes of at least 4 members (excludes halogenated alkanes) is 1. The molecular weight excluding hydrogens is 340 g/mol. The first-order valence-corrected chi connectivity index (χ1v) is 10.1. The summed E-state index contributed by atoms with van der Waals surface area (Å²) < 4.78 is 5.57. The van der Waals surface area contributed by atoms with E-state index in [0.717, 1.165) is 42.8 Å². The number of hydrogen-bond acceptors (Lipinski definition) is 5. The number of hydrogen-bond donors (Lipinski definition) is 0. The Hall–Kier alpha value is -2.37. The SMILES string of the molecule is CCCCC(CC)COC(=O)N1CCN(c2cnc3ccccc3n2)CC1. The van der Waals surface area contributed by atoms with Crippen LogP contribution in [0.25, 0.3) is 11.0 Å². The van der Waals surface area contributed by atoms with E-state index in [1.54, 1.807) is 4.90 Å². The van der Waals surface area contributed by atoms with Gasteiger partial charge < -0.3 is 14.5 Å². The Kier molecular flexibility index (Phi) is 6.85. The van der Waals surface area contributed by atoms with E-state index in [0.29, 0.717) is 25.6 Å². The van der Waals surface area contributed by atoms with E-state index in [-0.39, 0.29) is 6.09 Å². The Labute approximate surface area is 161 Å². The van der Waals surface area contributed by atoms with Crippen LogP contribution in [0.15, 0.2) is 30.5 Å². The van der Waals surface area contributed by atoms with Crippen LogP contribution in [0.5, 0.6) is 0 Å². The van der Waals surface area contributed by atoms with Crippen molar-refractivity contribution in [1.82, 2.24) is 14.9 Å². The number of rotatable bonds is 7. The number of amides is 1. The van der Waals surface area contributed by atoms with Crippen LogP contribution in [0, 0.1) is 5.92 Å². The quantitative estimate of drug-likeness (QED) is 0.734. The van der Waals surface area contributed by atoms with Crippen LogP contribution in [0.1, 0.15) is 39.5 Å². The predicted octanol–water partition coefficient (Wildman–Crippen LogP) is 4.10. The molecular formula is C21H30N4O2. The van der Waals surface area contributed by atoms with Crippen LogP contribution in [0.4, 0.5) is 10.6 Å². The van der Waals surface area contributed by atoms with Gasteiger partial charge in [-0.05, 0) is 24.5 Å². The average molecular weight is 370 g/mol. The molecule has 1 aliphatic heterocycles. The summed E-state index contributed by atoms with van der Waals surface area (Å²) in [6, 6.07) is 7.87. The Morgan fingerprint density at radius 3 is 2.59 bits per heavy atom. The van der Waals surface area contributed by atoms with Crippen molar-refractivity contribution in [2.45, 2.75) is 39.5 Å². The number of nitrogens with zero attached hydrogens (tertiary/aromatic N) is 4. The lowest BCUT2D eigenvalue weighted by molar-refractivity contribution is 0.0830. The number of benzene rings is 1. The molecule has 1 unspecified atom stereocenters. The molecule has 1 fully saturated rings. The van der Waals surface area contributed by atoms with Crippen LogP contribution in [0.2, 0.25) is 0 Å². The minimum atomic E-state index is -0.186. The molecule has 0 radical (unpaired) electrons. The predicted molar refractivity (Wildman–Crippen MR) is 108 cm³/mol. The topological polar surface area (TPSA) is 58.6 Å². The van der Waals surface area contributed by atoms with E-state index < -0.39 is 0 Å². The zero-order valence-corrected chi connectivity index (χ0v) is 16.4. The van der Waals surface area contributed by atoms with E-state index in [4.69, 9.17) is 9.72 Å². The average Bonchev–Trinajstić information content (AvgIpc) is 2.73. The van der Waals surface area contributed by atoms with Gasteiger partial charge in [0.1, 0.15) is 5.82 Å². The number of piperazine rings is 1. The number of carbonyl (C=O) groups excluding carboxylic acids is 1. The van der Waals surface area contributed by atoms with Gasteiger partial charge in [0.05, 0.1) is 23.8 Å². The van der Waals surface area contributed by atoms with E-state index in [9.17, 15) is 4.79 Å². The zero-order chi connectivity index (χ0) is 19.1. The number of carbonyl (C=O) groups is 1. The third-order valence-electron chi connectivity index (χ3n) is 5.28. The summed E-state index contributed by atoms with van der Waals surface area (Å²) in [4.78, 5) is 25.5. The molecule has 0 bridgehead atoms. The maximum absolute atomic E-state index is 12.4. The van der Waals surface area contributed by atoms with Crippen LogP contribution in [-0.4, -0.2) is 53.7 Å². The maximum Gasteiger partial charge on any atom is 0.409 e. The van der Waals surface area contributed by atoms with Crippen molar-refractivity contribution in [2.24, 2.45) is 5.92 Å². The summed E-state index contributed by atoms with van der Waals surface area (Å²) in [5.74, 6) is 1.34. The Bertz CT molecular complexity index is 744. The van der Waals surface area contributed by atoms with Crippen LogP contribution < -0.4 is 4.90 Å². The number of para-hydroxylation sites is 2. The number of anilines is 1. The molecule has 1 aromatic heterocycles. The van der Waals surface area contributed by atoms with Crippen molar-refractivity contribution in [3.05, 3.63) is 30.5 Å². The van der Waals surface area contributed by atoms with Gasteiger partial charge in [-0.15, -0.1) is 0 Å². The smallest absolute Gasteiger partial charge is 0.409 e. The molecule has 1 atom stereocenters. The van der Waals surface area contributed by atoms with Gasteiger partial charge in [-0.1, -0.05) is 45.2 Å². The molecule has 1 aliphatic rings. The standard InChI is InChI=1S/C21H30N4O2/c1-3-5-8-17(4-2)16-27-21(26)25-13-11-24(12-14-25)20-15-22-18-9-6-7-10-19(18)23-20/h6-7,9-10,15,17H,3-5,8,11-14,16H2,1-2H3. The first-order valence-electron chi connectivity index (χ1n) is 10.1. The monoisotopic (exact) mass is 370 g/mol. The molecule has 0 N–H and O–H groups in total. The number of aromatic nitrogens is 2. The lowest BCUT2D eigenvalue weighted by atomic mass is 10.0. The minimum absolute atomic E-state index is 0.186. The van der Waals surface area contributed by atoms with Crippen molar-refractivity contribution in [2.75, 3.05) is 37.7 Å². The second kappa shape index (κ2) is 9.53. The summed E-state index contributed by atoms with van der Waals surface area (Å²) in [5.41, 5.74) is 1.80. The Balaban J connectivity index is 1.49. The second-order valence-electron chi connectivity index (χ2n) is 7.18. The molecule has 1 aromatic carbocycles. The highest BCUT2D eigenvalue weighted by atomic mass is 16.6. The molecule has 2 aromatic rings. The second-order valence-corrected chi connectivity index (χ2v) is 7.18. The molecule has 146 valence electrons. The number of ether oxygens (including phenoxy) is 1. The first kappa shape index (κ1) is 19.4. The van der Waals surface area contributed by atoms with Crippen molar-refractivity contribution in [1.29, 1.82) is 0 Å². The van der Waals surface area contributed by atoms with Gasteiger partial charge in [0.25, 0.3) is 0 Å². The molecule has 3 rings (SSSR count). The lowest BCUT2D eigenvalue weighted by Crippen LogP contribution is -2.49. The molecule has 0 saturated carbocycles. The highest BCUT2D eigenvalue weighted by Crippen LogP contribution is 2.18. The van der Waals surface area contributed by atoms with Gasteiger partial charge in [0.2, 0.25) is 0 Å². The fourth-order valence-corrected chi connectivity index (χ4v) is 3.40. The van der Waals surface area contributed by atoms with Crippen molar-refractivity contribution < 1.29 is 9.53 Å². The normalized spacial score (nSPS) is 15.8. The summed E-state index contributed by atoms with van der Waals surface area (Å²) in [6.07, 6.45) is 6.20. The van der Waals surface area contributed by atoms with Gasteiger partial charge in [0.15, 0.2) is 0 Å². The van der Waals surface area contributed by atoms with Crippen molar-refractivity contribution in [3.8, 4) is 0 Å². The van der Waals surface area contributed by atoms with Crippen molar-refractivity contribution >= 4 is 22.9 Å². The fraction of sp³-hybridized carbons (Fsp3) is 0.571. The van der Waals surface area contributed by atoms with Gasteiger partial charge in [0, 0.05) is 26.2 Å². The third-order valence-corrected chi connectivity index (χ3v) is 5.28. The largest absolute Gasteiger partial charge is 0.449 e. The minimum Gasteiger partial charge on any atom is -0.449 e. The maximum atomic E-state index is 12.4. The molecule has 6 heteroatoms. The summed E-state index contributed by atoms with van der Waals surface area (Å²) in [5, 5.41) is 0.